The van der Waals surface area contributed by atoms with Gasteiger partial charge < -0.3 is 15.1 Å². The van der Waals surface area contributed by atoms with Crippen LogP contribution in [0, 0.1) is 18.3 Å². The smallest absolute Gasteiger partial charge is 0.224 e. The Labute approximate surface area is 164 Å². The van der Waals surface area contributed by atoms with Gasteiger partial charge in [0.15, 0.2) is 5.78 Å². The van der Waals surface area contributed by atoms with E-state index in [1.165, 1.54) is 0 Å². The Morgan fingerprint density at radius 3 is 2.21 bits per heavy atom. The number of Topliss-reactive ketones (excluding diaryl/α,β-unsaturated/α-hetero) is 1. The van der Waals surface area contributed by atoms with Gasteiger partial charge in [-0.2, -0.15) is 5.26 Å². The Morgan fingerprint density at radius 1 is 1.00 bits per heavy atom. The van der Waals surface area contributed by atoms with Crippen LogP contribution in [0.2, 0.25) is 0 Å². The number of rotatable bonds is 5. The maximum absolute atomic E-state index is 12.7. The molecule has 0 fully saturated rings. The van der Waals surface area contributed by atoms with Crippen LogP contribution in [0.5, 0.6) is 0 Å². The van der Waals surface area contributed by atoms with E-state index in [1.807, 2.05) is 79.4 Å². The van der Waals surface area contributed by atoms with Gasteiger partial charge in [-0.1, -0.05) is 24.3 Å². The zero-order chi connectivity index (χ0) is 20.3. The third-order valence-electron chi connectivity index (χ3n) is 4.74. The van der Waals surface area contributed by atoms with Crippen molar-refractivity contribution in [1.82, 2.24) is 0 Å². The van der Waals surface area contributed by atoms with Gasteiger partial charge in [-0.3, -0.25) is 9.59 Å². The number of para-hydroxylation sites is 2. The first-order valence-electron chi connectivity index (χ1n) is 9.03. The molecule has 2 aromatic carbocycles. The minimum absolute atomic E-state index is 0.0195. The van der Waals surface area contributed by atoms with E-state index in [2.05, 4.69) is 5.32 Å². The lowest BCUT2D eigenvalue weighted by atomic mass is 10.1. The number of ketones is 1. The Kier molecular flexibility index (Phi) is 5.46. The molecule has 3 rings (SSSR count). The average molecular weight is 374 g/mol. The lowest BCUT2D eigenvalue weighted by molar-refractivity contribution is -0.120. The van der Waals surface area contributed by atoms with E-state index in [-0.39, 0.29) is 30.1 Å². The topological polar surface area (TPSA) is 76.4 Å². The summed E-state index contributed by atoms with van der Waals surface area (Å²) in [6, 6.07) is 17.2. The first-order chi connectivity index (χ1) is 13.4. The highest BCUT2D eigenvalue weighted by Crippen LogP contribution is 2.40. The van der Waals surface area contributed by atoms with Crippen molar-refractivity contribution >= 4 is 28.8 Å². The van der Waals surface area contributed by atoms with Gasteiger partial charge in [-0.05, 0) is 36.8 Å². The van der Waals surface area contributed by atoms with E-state index >= 15 is 0 Å². The molecule has 0 bridgehead atoms. The van der Waals surface area contributed by atoms with Gasteiger partial charge in [0.05, 0.1) is 11.4 Å². The standard InChI is InChI=1S/C22H22N4O2/c1-15-7-6-8-16(13-15)24-21(28)12-11-20(27)17(14-23)22-25(2)18-9-4-5-10-19(18)26(22)3/h4-10,13H,11-12H2,1-3H3,(H,24,28). The second kappa shape index (κ2) is 7.97. The van der Waals surface area contributed by atoms with Gasteiger partial charge in [0.2, 0.25) is 5.91 Å². The van der Waals surface area contributed by atoms with Crippen LogP contribution in [-0.2, 0) is 9.59 Å². The summed E-state index contributed by atoms with van der Waals surface area (Å²) in [5.41, 5.74) is 3.65. The van der Waals surface area contributed by atoms with E-state index in [9.17, 15) is 14.9 Å². The van der Waals surface area contributed by atoms with Gasteiger partial charge in [0, 0.05) is 32.6 Å². The number of nitrogens with zero attached hydrogens (tertiary/aromatic N) is 3. The SMILES string of the molecule is Cc1cccc(NC(=O)CCC(=O)C(C#N)=C2N(C)c3ccccc3N2C)c1. The zero-order valence-electron chi connectivity index (χ0n) is 16.2. The molecule has 6 nitrogen and oxygen atoms in total. The lowest BCUT2D eigenvalue weighted by Crippen LogP contribution is -2.26. The van der Waals surface area contributed by atoms with Crippen molar-refractivity contribution in [3.05, 3.63) is 65.5 Å². The number of anilines is 3. The van der Waals surface area contributed by atoms with Gasteiger partial charge in [0.1, 0.15) is 17.5 Å². The van der Waals surface area contributed by atoms with Crippen molar-refractivity contribution in [2.75, 3.05) is 29.2 Å². The van der Waals surface area contributed by atoms with Crippen LogP contribution >= 0.6 is 0 Å². The molecule has 0 aromatic heterocycles. The minimum Gasteiger partial charge on any atom is -0.328 e. The summed E-state index contributed by atoms with van der Waals surface area (Å²) >= 11 is 0. The summed E-state index contributed by atoms with van der Waals surface area (Å²) in [7, 11) is 3.65. The van der Waals surface area contributed by atoms with E-state index in [0.29, 0.717) is 11.5 Å². The average Bonchev–Trinajstić information content (AvgIpc) is 2.93. The number of hydrogen-bond donors (Lipinski definition) is 1. The minimum atomic E-state index is -0.344. The van der Waals surface area contributed by atoms with Gasteiger partial charge >= 0.3 is 0 Å². The highest BCUT2D eigenvalue weighted by Gasteiger charge is 2.31. The molecule has 142 valence electrons. The summed E-state index contributed by atoms with van der Waals surface area (Å²) in [5.74, 6) is -0.0613. The molecule has 1 amide bonds. The molecule has 0 saturated carbocycles. The molecule has 0 spiro atoms. The molecule has 0 aliphatic carbocycles. The number of aryl methyl sites for hydroxylation is 1. The fraction of sp³-hybridized carbons (Fsp3) is 0.227. The van der Waals surface area contributed by atoms with E-state index in [4.69, 9.17) is 0 Å². The summed E-state index contributed by atoms with van der Waals surface area (Å²) < 4.78 is 0. The quantitative estimate of drug-likeness (QED) is 0.639. The van der Waals surface area contributed by atoms with Crippen molar-refractivity contribution in [2.45, 2.75) is 19.8 Å². The Bertz CT molecular complexity index is 973. The van der Waals surface area contributed by atoms with Crippen LogP contribution in [0.25, 0.3) is 0 Å². The molecule has 0 unspecified atom stereocenters. The number of carbonyl (C=O) groups excluding carboxylic acids is 2. The zero-order valence-corrected chi connectivity index (χ0v) is 16.2. The first-order valence-corrected chi connectivity index (χ1v) is 9.03. The first kappa shape index (κ1) is 19.2. The van der Waals surface area contributed by atoms with Crippen molar-refractivity contribution in [1.29, 1.82) is 5.26 Å². The van der Waals surface area contributed by atoms with Crippen LogP contribution in [0.15, 0.2) is 59.9 Å². The number of carbonyl (C=O) groups is 2. The van der Waals surface area contributed by atoms with E-state index in [0.717, 1.165) is 16.9 Å². The van der Waals surface area contributed by atoms with E-state index < -0.39 is 0 Å². The number of benzene rings is 2. The molecule has 0 saturated heterocycles. The number of hydrogen-bond acceptors (Lipinski definition) is 5. The third kappa shape index (κ3) is 3.74. The monoisotopic (exact) mass is 374 g/mol. The molecule has 6 heteroatoms. The van der Waals surface area contributed by atoms with Crippen LogP contribution in [0.4, 0.5) is 17.1 Å². The Morgan fingerprint density at radius 2 is 1.64 bits per heavy atom. The molecular formula is C22H22N4O2. The second-order valence-electron chi connectivity index (χ2n) is 6.76. The fourth-order valence-electron chi connectivity index (χ4n) is 3.36. The third-order valence-corrected chi connectivity index (χ3v) is 4.74. The molecule has 0 radical (unpaired) electrons. The van der Waals surface area contributed by atoms with Crippen LogP contribution in [0.3, 0.4) is 0 Å². The highest BCUT2D eigenvalue weighted by atomic mass is 16.2. The summed E-state index contributed by atoms with van der Waals surface area (Å²) in [4.78, 5) is 28.5. The number of amides is 1. The molecular weight excluding hydrogens is 352 g/mol. The summed E-state index contributed by atoms with van der Waals surface area (Å²) in [5, 5.41) is 12.4. The summed E-state index contributed by atoms with van der Waals surface area (Å²) in [6.07, 6.45) is -0.00627. The van der Waals surface area contributed by atoms with Crippen LogP contribution in [-0.4, -0.2) is 25.8 Å². The lowest BCUT2D eigenvalue weighted by Gasteiger charge is -2.19. The predicted molar refractivity (Wildman–Crippen MR) is 110 cm³/mol. The molecule has 1 aliphatic heterocycles. The molecule has 1 aliphatic rings. The second-order valence-corrected chi connectivity index (χ2v) is 6.76. The number of allylic oxidation sites excluding steroid dienone is 1. The number of fused-ring (bicyclic) bond motifs is 1. The Hall–Kier alpha value is -3.59. The summed E-state index contributed by atoms with van der Waals surface area (Å²) in [6.45, 7) is 1.94. The van der Waals surface area contributed by atoms with Gasteiger partial charge in [-0.25, -0.2) is 0 Å². The number of nitrogens with one attached hydrogen (secondary N) is 1. The number of nitriles is 1. The Balaban J connectivity index is 1.72. The van der Waals surface area contributed by atoms with Crippen LogP contribution < -0.4 is 15.1 Å². The van der Waals surface area contributed by atoms with E-state index in [1.54, 1.807) is 6.07 Å². The predicted octanol–water partition coefficient (Wildman–Crippen LogP) is 3.60. The van der Waals surface area contributed by atoms with Crippen molar-refractivity contribution in [3.8, 4) is 6.07 Å². The molecule has 0 atom stereocenters. The van der Waals surface area contributed by atoms with Crippen molar-refractivity contribution < 1.29 is 9.59 Å². The molecule has 1 heterocycles. The fourth-order valence-corrected chi connectivity index (χ4v) is 3.36. The van der Waals surface area contributed by atoms with Crippen LogP contribution in [0.1, 0.15) is 18.4 Å². The highest BCUT2D eigenvalue weighted by molar-refractivity contribution is 6.04. The van der Waals surface area contributed by atoms with Crippen molar-refractivity contribution in [2.24, 2.45) is 0 Å². The van der Waals surface area contributed by atoms with Crippen molar-refractivity contribution in [3.63, 3.8) is 0 Å². The normalized spacial score (nSPS) is 12.4. The maximum Gasteiger partial charge on any atom is 0.224 e. The maximum atomic E-state index is 12.7. The largest absolute Gasteiger partial charge is 0.328 e. The molecule has 2 aromatic rings. The van der Waals surface area contributed by atoms with Gasteiger partial charge in [0.25, 0.3) is 0 Å². The molecule has 1 N–H and O–H groups in total. The van der Waals surface area contributed by atoms with Gasteiger partial charge in [-0.15, -0.1) is 0 Å². The molecule has 28 heavy (non-hydrogen) atoms.